The summed E-state index contributed by atoms with van der Waals surface area (Å²) >= 11 is 0. The van der Waals surface area contributed by atoms with Crippen LogP contribution in [0.25, 0.3) is 11.1 Å². The zero-order valence-electron chi connectivity index (χ0n) is 7.18. The number of oxazole rings is 1. The van der Waals surface area contributed by atoms with Crippen molar-refractivity contribution in [3.63, 3.8) is 0 Å². The average Bonchev–Trinajstić information content (AvgIpc) is 2.57. The van der Waals surface area contributed by atoms with Crippen LogP contribution < -0.4 is 0 Å². The van der Waals surface area contributed by atoms with Gasteiger partial charge in [-0.25, -0.2) is 13.4 Å². The molecule has 1 aromatic carbocycles. The molecule has 0 atom stereocenters. The van der Waals surface area contributed by atoms with Gasteiger partial charge in [0.15, 0.2) is 5.58 Å². The van der Waals surface area contributed by atoms with Crippen LogP contribution in [0.3, 0.4) is 0 Å². The van der Waals surface area contributed by atoms with E-state index in [0.29, 0.717) is 6.29 Å². The van der Waals surface area contributed by atoms with Crippen molar-refractivity contribution in [3.8, 4) is 0 Å². The zero-order chi connectivity index (χ0) is 11.1. The third-order valence-electron chi connectivity index (χ3n) is 1.76. The van der Waals surface area contributed by atoms with E-state index in [0.717, 1.165) is 0 Å². The van der Waals surface area contributed by atoms with Gasteiger partial charge >= 0.3 is 0 Å². The van der Waals surface area contributed by atoms with E-state index in [2.05, 4.69) is 4.98 Å². The molecule has 7 heteroatoms. The summed E-state index contributed by atoms with van der Waals surface area (Å²) in [5.74, 6) is -0.183. The maximum Gasteiger partial charge on any atom is 0.265 e. The van der Waals surface area contributed by atoms with Crippen LogP contribution in [-0.2, 0) is 9.05 Å². The molecule has 0 aliphatic carbocycles. The molecule has 0 aliphatic heterocycles. The molecule has 5 nitrogen and oxygen atoms in total. The summed E-state index contributed by atoms with van der Waals surface area (Å²) in [6.45, 7) is 0. The maximum absolute atomic E-state index is 11.1. The Labute approximate surface area is 89.1 Å². The summed E-state index contributed by atoms with van der Waals surface area (Å²) in [5, 5.41) is 0. The quantitative estimate of drug-likeness (QED) is 0.593. The van der Waals surface area contributed by atoms with E-state index < -0.39 is 9.05 Å². The van der Waals surface area contributed by atoms with Gasteiger partial charge in [0.05, 0.1) is 0 Å². The van der Waals surface area contributed by atoms with Crippen molar-refractivity contribution in [1.29, 1.82) is 0 Å². The topological polar surface area (TPSA) is 77.2 Å². The van der Waals surface area contributed by atoms with Crippen LogP contribution in [0.15, 0.2) is 27.5 Å². The molecular weight excluding hydrogens is 242 g/mol. The number of rotatable bonds is 2. The number of carbonyl (C=O) groups excluding carboxylic acids is 1. The lowest BCUT2D eigenvalue weighted by Gasteiger charge is -1.94. The third-order valence-corrected chi connectivity index (χ3v) is 3.10. The summed E-state index contributed by atoms with van der Waals surface area (Å²) in [5.41, 5.74) is 0.272. The number of hydrogen-bond donors (Lipinski definition) is 0. The summed E-state index contributed by atoms with van der Waals surface area (Å²) in [4.78, 5) is 14.0. The van der Waals surface area contributed by atoms with Gasteiger partial charge < -0.3 is 4.42 Å². The molecule has 0 spiro atoms. The van der Waals surface area contributed by atoms with Gasteiger partial charge in [-0.05, 0) is 12.1 Å². The largest absolute Gasteiger partial charge is 0.432 e. The second-order valence-electron chi connectivity index (χ2n) is 2.71. The Morgan fingerprint density at radius 1 is 1.40 bits per heavy atom. The molecule has 0 unspecified atom stereocenters. The Morgan fingerprint density at radius 2 is 2.13 bits per heavy atom. The summed E-state index contributed by atoms with van der Waals surface area (Å²) in [6.07, 6.45) is 0.393. The van der Waals surface area contributed by atoms with E-state index in [1.807, 2.05) is 0 Å². The van der Waals surface area contributed by atoms with Crippen LogP contribution in [0.1, 0.15) is 10.7 Å². The molecule has 0 amide bonds. The van der Waals surface area contributed by atoms with Crippen LogP contribution in [-0.4, -0.2) is 19.7 Å². The van der Waals surface area contributed by atoms with Crippen LogP contribution in [0.2, 0.25) is 0 Å². The van der Waals surface area contributed by atoms with Crippen LogP contribution in [0.5, 0.6) is 0 Å². The fraction of sp³-hybridized carbons (Fsp3) is 0. The first-order valence-electron chi connectivity index (χ1n) is 3.82. The van der Waals surface area contributed by atoms with Crippen molar-refractivity contribution in [2.45, 2.75) is 4.90 Å². The predicted octanol–water partition coefficient (Wildman–Crippen LogP) is 1.57. The molecule has 1 heterocycles. The Kier molecular flexibility index (Phi) is 2.24. The average molecular weight is 246 g/mol. The number of benzene rings is 1. The lowest BCUT2D eigenvalue weighted by Crippen LogP contribution is -1.90. The molecule has 0 saturated carbocycles. The first-order valence-corrected chi connectivity index (χ1v) is 6.12. The van der Waals surface area contributed by atoms with Gasteiger partial charge in [-0.2, -0.15) is 0 Å². The zero-order valence-corrected chi connectivity index (χ0v) is 8.75. The molecule has 0 fully saturated rings. The first kappa shape index (κ1) is 10.1. The standard InChI is InChI=1S/C8H4ClNO4S/c9-15(12,13)6-3-1-2-5-8(6)14-7(4-11)10-5/h1-4H. The van der Waals surface area contributed by atoms with Gasteiger partial charge in [-0.3, -0.25) is 4.79 Å². The summed E-state index contributed by atoms with van der Waals surface area (Å²) in [7, 11) is 1.28. The Bertz CT molecular complexity index is 631. The van der Waals surface area contributed by atoms with Crippen LogP contribution >= 0.6 is 10.7 Å². The van der Waals surface area contributed by atoms with E-state index in [4.69, 9.17) is 15.1 Å². The number of aromatic nitrogens is 1. The van der Waals surface area contributed by atoms with Gasteiger partial charge in [0, 0.05) is 10.7 Å². The van der Waals surface area contributed by atoms with Gasteiger partial charge in [-0.1, -0.05) is 6.07 Å². The van der Waals surface area contributed by atoms with Crippen molar-refractivity contribution in [3.05, 3.63) is 24.1 Å². The highest BCUT2D eigenvalue weighted by molar-refractivity contribution is 8.13. The minimum absolute atomic E-state index is 0.00500. The van der Waals surface area contributed by atoms with Gasteiger partial charge in [0.25, 0.3) is 14.9 Å². The summed E-state index contributed by atoms with van der Waals surface area (Å²) < 4.78 is 27.2. The van der Waals surface area contributed by atoms with Gasteiger partial charge in [0.2, 0.25) is 6.29 Å². The Morgan fingerprint density at radius 3 is 2.73 bits per heavy atom. The van der Waals surface area contributed by atoms with Crippen LogP contribution in [0.4, 0.5) is 0 Å². The second kappa shape index (κ2) is 3.32. The highest BCUT2D eigenvalue weighted by Gasteiger charge is 2.18. The highest BCUT2D eigenvalue weighted by Crippen LogP contribution is 2.25. The monoisotopic (exact) mass is 245 g/mol. The molecule has 2 rings (SSSR count). The second-order valence-corrected chi connectivity index (χ2v) is 5.25. The SMILES string of the molecule is O=Cc1nc2cccc(S(=O)(=O)Cl)c2o1. The lowest BCUT2D eigenvalue weighted by atomic mass is 10.3. The number of carbonyl (C=O) groups is 1. The van der Waals surface area contributed by atoms with E-state index >= 15 is 0 Å². The Balaban J connectivity index is 2.87. The number of fused-ring (bicyclic) bond motifs is 1. The Hall–Kier alpha value is -1.40. The third kappa shape index (κ3) is 1.73. The number of para-hydroxylation sites is 1. The molecule has 15 heavy (non-hydrogen) atoms. The molecule has 0 saturated heterocycles. The minimum Gasteiger partial charge on any atom is -0.432 e. The molecule has 1 aromatic heterocycles. The molecule has 78 valence electrons. The smallest absolute Gasteiger partial charge is 0.265 e. The predicted molar refractivity (Wildman–Crippen MR) is 52.4 cm³/mol. The molecule has 0 bridgehead atoms. The van der Waals surface area contributed by atoms with E-state index in [-0.39, 0.29) is 21.9 Å². The maximum atomic E-state index is 11.1. The highest BCUT2D eigenvalue weighted by atomic mass is 35.7. The molecule has 0 N–H and O–H groups in total. The molecule has 2 aromatic rings. The first-order chi connectivity index (χ1) is 7.02. The minimum atomic E-state index is -3.90. The van der Waals surface area contributed by atoms with Crippen molar-refractivity contribution < 1.29 is 17.6 Å². The van der Waals surface area contributed by atoms with E-state index in [9.17, 15) is 13.2 Å². The number of hydrogen-bond acceptors (Lipinski definition) is 5. The van der Waals surface area contributed by atoms with E-state index in [1.54, 1.807) is 0 Å². The fourth-order valence-electron chi connectivity index (χ4n) is 1.18. The normalized spacial score (nSPS) is 11.8. The number of nitrogens with zero attached hydrogens (tertiary/aromatic N) is 1. The van der Waals surface area contributed by atoms with Crippen LogP contribution in [0, 0.1) is 0 Å². The van der Waals surface area contributed by atoms with Crippen molar-refractivity contribution >= 4 is 37.1 Å². The van der Waals surface area contributed by atoms with Crippen molar-refractivity contribution in [1.82, 2.24) is 4.98 Å². The molecule has 0 aliphatic rings. The van der Waals surface area contributed by atoms with Gasteiger partial charge in [0.1, 0.15) is 10.4 Å². The van der Waals surface area contributed by atoms with Crippen molar-refractivity contribution in [2.24, 2.45) is 0 Å². The number of halogens is 1. The number of aldehydes is 1. The van der Waals surface area contributed by atoms with Crippen molar-refractivity contribution in [2.75, 3.05) is 0 Å². The van der Waals surface area contributed by atoms with E-state index in [1.165, 1.54) is 18.2 Å². The van der Waals surface area contributed by atoms with Gasteiger partial charge in [-0.15, -0.1) is 0 Å². The fourth-order valence-corrected chi connectivity index (χ4v) is 2.16. The lowest BCUT2D eigenvalue weighted by molar-refractivity contribution is 0.109. The molecular formula is C8H4ClNO4S. The molecule has 0 radical (unpaired) electrons. The summed E-state index contributed by atoms with van der Waals surface area (Å²) in [6, 6.07) is 4.27.